The lowest BCUT2D eigenvalue weighted by Crippen LogP contribution is -2.39. The van der Waals surface area contributed by atoms with E-state index in [9.17, 15) is 9.59 Å². The number of piperidine rings is 1. The van der Waals surface area contributed by atoms with Crippen LogP contribution in [0.2, 0.25) is 0 Å². The Hall–Kier alpha value is -2.89. The fourth-order valence-corrected chi connectivity index (χ4v) is 3.62. The smallest absolute Gasteiger partial charge is 0.340 e. The first-order valence-electron chi connectivity index (χ1n) is 9.94. The SMILES string of the molecule is CCOC(=O)c1ccccc1NC(=O)c1ccc(N2CCCCC2CC)cn1. The number of hydrogen-bond acceptors (Lipinski definition) is 5. The number of benzene rings is 1. The molecule has 2 heterocycles. The second kappa shape index (κ2) is 9.35. The van der Waals surface area contributed by atoms with Crippen molar-refractivity contribution in [1.82, 2.24) is 4.98 Å². The Morgan fingerprint density at radius 1 is 1.18 bits per heavy atom. The van der Waals surface area contributed by atoms with E-state index in [-0.39, 0.29) is 12.5 Å². The summed E-state index contributed by atoms with van der Waals surface area (Å²) in [4.78, 5) is 31.4. The molecule has 2 aromatic rings. The van der Waals surface area contributed by atoms with Crippen molar-refractivity contribution >= 4 is 23.3 Å². The molecule has 1 saturated heterocycles. The van der Waals surface area contributed by atoms with E-state index in [1.165, 1.54) is 19.3 Å². The first kappa shape index (κ1) is 19.9. The number of nitrogens with one attached hydrogen (secondary N) is 1. The molecule has 1 aromatic heterocycles. The van der Waals surface area contributed by atoms with Gasteiger partial charge < -0.3 is 15.0 Å². The molecule has 0 bridgehead atoms. The maximum absolute atomic E-state index is 12.6. The Morgan fingerprint density at radius 3 is 2.71 bits per heavy atom. The number of aromatic nitrogens is 1. The van der Waals surface area contributed by atoms with E-state index < -0.39 is 5.97 Å². The Bertz CT molecular complexity index is 820. The summed E-state index contributed by atoms with van der Waals surface area (Å²) in [5, 5.41) is 2.77. The topological polar surface area (TPSA) is 71.5 Å². The summed E-state index contributed by atoms with van der Waals surface area (Å²) in [5.41, 5.74) is 2.11. The first-order valence-corrected chi connectivity index (χ1v) is 9.94. The minimum absolute atomic E-state index is 0.277. The summed E-state index contributed by atoms with van der Waals surface area (Å²) in [7, 11) is 0. The molecular weight excluding hydrogens is 354 g/mol. The summed E-state index contributed by atoms with van der Waals surface area (Å²) < 4.78 is 5.05. The third-order valence-electron chi connectivity index (χ3n) is 5.08. The zero-order chi connectivity index (χ0) is 19.9. The summed E-state index contributed by atoms with van der Waals surface area (Å²) in [6.07, 6.45) is 6.52. The number of para-hydroxylation sites is 1. The second-order valence-corrected chi connectivity index (χ2v) is 6.87. The Morgan fingerprint density at radius 2 is 2.00 bits per heavy atom. The third kappa shape index (κ3) is 4.50. The van der Waals surface area contributed by atoms with Crippen LogP contribution in [0.25, 0.3) is 0 Å². The van der Waals surface area contributed by atoms with Gasteiger partial charge in [-0.05, 0) is 56.9 Å². The Kier molecular flexibility index (Phi) is 6.63. The van der Waals surface area contributed by atoms with Crippen LogP contribution in [-0.2, 0) is 4.74 Å². The van der Waals surface area contributed by atoms with E-state index in [1.807, 2.05) is 6.07 Å². The van der Waals surface area contributed by atoms with Gasteiger partial charge in [-0.3, -0.25) is 4.79 Å². The highest BCUT2D eigenvalue weighted by molar-refractivity contribution is 6.07. The van der Waals surface area contributed by atoms with Gasteiger partial charge in [-0.15, -0.1) is 0 Å². The molecule has 3 rings (SSSR count). The molecule has 0 spiro atoms. The van der Waals surface area contributed by atoms with Crippen LogP contribution in [0.3, 0.4) is 0 Å². The van der Waals surface area contributed by atoms with Crippen molar-refractivity contribution in [3.8, 4) is 0 Å². The average molecular weight is 381 g/mol. The number of ether oxygens (including phenoxy) is 1. The number of hydrogen-bond donors (Lipinski definition) is 1. The predicted octanol–water partition coefficient (Wildman–Crippen LogP) is 4.28. The molecule has 6 heteroatoms. The lowest BCUT2D eigenvalue weighted by Gasteiger charge is -2.37. The van der Waals surface area contributed by atoms with Crippen LogP contribution in [-0.4, -0.2) is 36.1 Å². The zero-order valence-corrected chi connectivity index (χ0v) is 16.5. The number of anilines is 2. The number of amides is 1. The number of carbonyl (C=O) groups is 2. The van der Waals surface area contributed by atoms with Crippen LogP contribution in [0.1, 0.15) is 60.4 Å². The molecule has 0 saturated carbocycles. The molecule has 1 aliphatic rings. The number of pyridine rings is 1. The Balaban J connectivity index is 1.73. The van der Waals surface area contributed by atoms with E-state index in [0.717, 1.165) is 18.7 Å². The minimum Gasteiger partial charge on any atom is -0.462 e. The first-order chi connectivity index (χ1) is 13.6. The molecule has 0 aliphatic carbocycles. The van der Waals surface area contributed by atoms with E-state index in [1.54, 1.807) is 43.5 Å². The summed E-state index contributed by atoms with van der Waals surface area (Å²) in [6, 6.07) is 11.0. The molecule has 1 aliphatic heterocycles. The van der Waals surface area contributed by atoms with Crippen LogP contribution in [0, 0.1) is 0 Å². The molecule has 6 nitrogen and oxygen atoms in total. The zero-order valence-electron chi connectivity index (χ0n) is 16.5. The molecule has 1 N–H and O–H groups in total. The number of nitrogens with zero attached hydrogens (tertiary/aromatic N) is 2. The summed E-state index contributed by atoms with van der Waals surface area (Å²) in [6.45, 7) is 5.26. The van der Waals surface area contributed by atoms with Crippen LogP contribution < -0.4 is 10.2 Å². The van der Waals surface area contributed by atoms with E-state index in [2.05, 4.69) is 22.1 Å². The normalized spacial score (nSPS) is 16.5. The van der Waals surface area contributed by atoms with Gasteiger partial charge in [0.05, 0.1) is 29.7 Å². The van der Waals surface area contributed by atoms with Gasteiger partial charge >= 0.3 is 5.97 Å². The van der Waals surface area contributed by atoms with E-state index >= 15 is 0 Å². The highest BCUT2D eigenvalue weighted by atomic mass is 16.5. The molecule has 1 amide bonds. The van der Waals surface area contributed by atoms with E-state index in [4.69, 9.17) is 4.74 Å². The van der Waals surface area contributed by atoms with Gasteiger partial charge in [0.25, 0.3) is 5.91 Å². The number of rotatable bonds is 6. The van der Waals surface area contributed by atoms with Crippen molar-refractivity contribution in [2.75, 3.05) is 23.4 Å². The standard InChI is InChI=1S/C22H27N3O3/c1-3-16-9-7-8-14-25(16)17-12-13-20(23-15-17)21(26)24-19-11-6-5-10-18(19)22(27)28-4-2/h5-6,10-13,15-16H,3-4,7-9,14H2,1-2H3,(H,24,26). The van der Waals surface area contributed by atoms with Crippen LogP contribution in [0.15, 0.2) is 42.6 Å². The van der Waals surface area contributed by atoms with E-state index in [0.29, 0.717) is 23.0 Å². The maximum Gasteiger partial charge on any atom is 0.340 e. The molecule has 1 unspecified atom stereocenters. The summed E-state index contributed by atoms with van der Waals surface area (Å²) in [5.74, 6) is -0.814. The van der Waals surface area contributed by atoms with Crippen molar-refractivity contribution in [3.63, 3.8) is 0 Å². The van der Waals surface area contributed by atoms with Crippen molar-refractivity contribution in [3.05, 3.63) is 53.9 Å². The summed E-state index contributed by atoms with van der Waals surface area (Å²) >= 11 is 0. The highest BCUT2D eigenvalue weighted by Gasteiger charge is 2.22. The monoisotopic (exact) mass is 381 g/mol. The molecule has 148 valence electrons. The van der Waals surface area contributed by atoms with Gasteiger partial charge in [0.2, 0.25) is 0 Å². The molecular formula is C22H27N3O3. The Labute approximate surface area is 165 Å². The highest BCUT2D eigenvalue weighted by Crippen LogP contribution is 2.26. The van der Waals surface area contributed by atoms with Gasteiger partial charge in [0.1, 0.15) is 5.69 Å². The molecule has 1 atom stereocenters. The fraction of sp³-hybridized carbons (Fsp3) is 0.409. The minimum atomic E-state index is -0.461. The largest absolute Gasteiger partial charge is 0.462 e. The molecule has 1 fully saturated rings. The molecule has 1 aromatic carbocycles. The van der Waals surface area contributed by atoms with Crippen molar-refractivity contribution in [2.45, 2.75) is 45.6 Å². The predicted molar refractivity (Wildman–Crippen MR) is 110 cm³/mol. The average Bonchev–Trinajstić information content (AvgIpc) is 2.74. The van der Waals surface area contributed by atoms with Crippen molar-refractivity contribution in [1.29, 1.82) is 0 Å². The van der Waals surface area contributed by atoms with Gasteiger partial charge in [-0.2, -0.15) is 0 Å². The van der Waals surface area contributed by atoms with Crippen LogP contribution >= 0.6 is 0 Å². The third-order valence-corrected chi connectivity index (χ3v) is 5.08. The van der Waals surface area contributed by atoms with Crippen molar-refractivity contribution < 1.29 is 14.3 Å². The van der Waals surface area contributed by atoms with Crippen molar-refractivity contribution in [2.24, 2.45) is 0 Å². The lowest BCUT2D eigenvalue weighted by molar-refractivity contribution is 0.0527. The molecule has 28 heavy (non-hydrogen) atoms. The van der Waals surface area contributed by atoms with Crippen LogP contribution in [0.4, 0.5) is 11.4 Å². The van der Waals surface area contributed by atoms with Crippen LogP contribution in [0.5, 0.6) is 0 Å². The number of carbonyl (C=O) groups excluding carboxylic acids is 2. The van der Waals surface area contributed by atoms with Gasteiger partial charge in [0, 0.05) is 12.6 Å². The lowest BCUT2D eigenvalue weighted by atomic mass is 9.99. The molecule has 0 radical (unpaired) electrons. The second-order valence-electron chi connectivity index (χ2n) is 6.87. The maximum atomic E-state index is 12.6. The van der Waals surface area contributed by atoms with Gasteiger partial charge in [0.15, 0.2) is 0 Å². The quantitative estimate of drug-likeness (QED) is 0.756. The van der Waals surface area contributed by atoms with Gasteiger partial charge in [-0.1, -0.05) is 19.1 Å². The fourth-order valence-electron chi connectivity index (χ4n) is 3.62. The van der Waals surface area contributed by atoms with Gasteiger partial charge in [-0.25, -0.2) is 9.78 Å². The number of esters is 1.